The summed E-state index contributed by atoms with van der Waals surface area (Å²) < 4.78 is 0. The highest BCUT2D eigenvalue weighted by atomic mass is 16.3. The minimum Gasteiger partial charge on any atom is -0.394 e. The second kappa shape index (κ2) is 9.17. The van der Waals surface area contributed by atoms with Crippen molar-refractivity contribution in [3.05, 3.63) is 12.2 Å². The van der Waals surface area contributed by atoms with E-state index >= 15 is 0 Å². The molecule has 0 aromatic rings. The van der Waals surface area contributed by atoms with Crippen LogP contribution in [0.4, 0.5) is 0 Å². The van der Waals surface area contributed by atoms with E-state index in [-0.39, 0.29) is 6.10 Å². The van der Waals surface area contributed by atoms with Crippen LogP contribution in [0.1, 0.15) is 79.1 Å². The second-order valence-electron chi connectivity index (χ2n) is 8.30. The van der Waals surface area contributed by atoms with E-state index in [9.17, 15) is 4.79 Å². The Kier molecular flexibility index (Phi) is 7.53. The number of hydrogen-bond acceptors (Lipinski definition) is 2. The van der Waals surface area contributed by atoms with Gasteiger partial charge in [0.05, 0.1) is 0 Å². The first-order valence-electron chi connectivity index (χ1n) is 10.5. The minimum absolute atomic E-state index is 0.167. The van der Waals surface area contributed by atoms with Gasteiger partial charge in [-0.3, -0.25) is 4.79 Å². The van der Waals surface area contributed by atoms with E-state index in [4.69, 9.17) is 5.11 Å². The maximum atomic E-state index is 11.6. The molecule has 1 N–H and O–H groups in total. The molecule has 4 rings (SSSR count). The van der Waals surface area contributed by atoms with E-state index in [1.807, 2.05) is 19.9 Å². The number of aliphatic hydroxyl groups is 1. The summed E-state index contributed by atoms with van der Waals surface area (Å²) in [7, 11) is 0. The summed E-state index contributed by atoms with van der Waals surface area (Å²) in [6.45, 7) is 7.44. The van der Waals surface area contributed by atoms with E-state index in [0.29, 0.717) is 11.7 Å². The first kappa shape index (κ1) is 19.7. The van der Waals surface area contributed by atoms with Crippen LogP contribution in [0.25, 0.3) is 0 Å². The van der Waals surface area contributed by atoms with Crippen molar-refractivity contribution in [1.29, 1.82) is 0 Å². The molecule has 3 fully saturated rings. The zero-order valence-corrected chi connectivity index (χ0v) is 16.2. The molecule has 138 valence electrons. The molecule has 0 amide bonds. The highest BCUT2D eigenvalue weighted by Gasteiger charge is 2.48. The smallest absolute Gasteiger partial charge is 0.155 e. The van der Waals surface area contributed by atoms with Crippen LogP contribution in [0.2, 0.25) is 0 Å². The molecule has 4 aliphatic carbocycles. The summed E-state index contributed by atoms with van der Waals surface area (Å²) in [6, 6.07) is 0. The quantitative estimate of drug-likeness (QED) is 0.644. The van der Waals surface area contributed by atoms with Crippen LogP contribution in [0.15, 0.2) is 12.2 Å². The number of fused-ring (bicyclic) bond motifs is 5. The van der Waals surface area contributed by atoms with E-state index < -0.39 is 0 Å². The fraction of sp³-hybridized carbons (Fsp3) is 0.864. The Hall–Kier alpha value is -0.630. The molecule has 6 atom stereocenters. The Morgan fingerprint density at radius 3 is 2.25 bits per heavy atom. The van der Waals surface area contributed by atoms with Gasteiger partial charge in [0, 0.05) is 12.5 Å². The van der Waals surface area contributed by atoms with Crippen LogP contribution in [0.5, 0.6) is 0 Å². The largest absolute Gasteiger partial charge is 0.394 e. The maximum Gasteiger partial charge on any atom is 0.155 e. The van der Waals surface area contributed by atoms with Gasteiger partial charge >= 0.3 is 0 Å². The Labute approximate surface area is 149 Å². The molecule has 2 heteroatoms. The predicted octanol–water partition coefficient (Wildman–Crippen LogP) is 5.40. The van der Waals surface area contributed by atoms with Crippen molar-refractivity contribution in [3.8, 4) is 0 Å². The number of ketones is 1. The van der Waals surface area contributed by atoms with Crippen molar-refractivity contribution < 1.29 is 9.90 Å². The minimum atomic E-state index is -0.167. The molecular weight excluding hydrogens is 296 g/mol. The standard InChI is InChI=1S/C17H24O.C3H8O.C2H6/c18-13-6-9-15-12(10-13)5-8-16-14-3-1-2-11(14)4-7-17(15)16;1-3(2)4;1-2/h6,9,11-12,14-17H,1-5,7-8,10H2;3-4H,1-2H3;1-2H3. The Balaban J connectivity index is 0.000000308. The fourth-order valence-electron chi connectivity index (χ4n) is 5.86. The highest BCUT2D eigenvalue weighted by Crippen LogP contribution is 2.56. The maximum absolute atomic E-state index is 11.6. The van der Waals surface area contributed by atoms with Gasteiger partial charge in [0.2, 0.25) is 0 Å². The average Bonchev–Trinajstić information content (AvgIpc) is 3.04. The Morgan fingerprint density at radius 1 is 0.917 bits per heavy atom. The van der Waals surface area contributed by atoms with Crippen molar-refractivity contribution >= 4 is 5.78 Å². The normalized spacial score (nSPS) is 39.7. The Morgan fingerprint density at radius 2 is 1.54 bits per heavy atom. The third-order valence-corrected chi connectivity index (χ3v) is 6.57. The van der Waals surface area contributed by atoms with Gasteiger partial charge in [-0.05, 0) is 87.5 Å². The van der Waals surface area contributed by atoms with E-state index in [2.05, 4.69) is 6.08 Å². The van der Waals surface area contributed by atoms with Gasteiger partial charge in [-0.15, -0.1) is 0 Å². The monoisotopic (exact) mass is 334 g/mol. The van der Waals surface area contributed by atoms with E-state index in [1.54, 1.807) is 13.8 Å². The van der Waals surface area contributed by atoms with Crippen molar-refractivity contribution in [2.75, 3.05) is 0 Å². The second-order valence-corrected chi connectivity index (χ2v) is 8.30. The lowest BCUT2D eigenvalue weighted by Crippen LogP contribution is -2.43. The summed E-state index contributed by atoms with van der Waals surface area (Å²) in [6.07, 6.45) is 15.1. The van der Waals surface area contributed by atoms with E-state index in [1.165, 1.54) is 44.9 Å². The zero-order chi connectivity index (χ0) is 17.7. The van der Waals surface area contributed by atoms with Gasteiger partial charge in [-0.25, -0.2) is 0 Å². The van der Waals surface area contributed by atoms with E-state index in [0.717, 1.165) is 36.0 Å². The van der Waals surface area contributed by atoms with Crippen molar-refractivity contribution in [2.45, 2.75) is 85.2 Å². The van der Waals surface area contributed by atoms with Crippen molar-refractivity contribution in [2.24, 2.45) is 35.5 Å². The molecule has 6 unspecified atom stereocenters. The van der Waals surface area contributed by atoms with Crippen LogP contribution in [0.3, 0.4) is 0 Å². The van der Waals surface area contributed by atoms with Crippen LogP contribution in [-0.4, -0.2) is 17.0 Å². The molecule has 0 radical (unpaired) electrons. The van der Waals surface area contributed by atoms with Crippen LogP contribution in [-0.2, 0) is 4.79 Å². The molecule has 24 heavy (non-hydrogen) atoms. The average molecular weight is 335 g/mol. The third kappa shape index (κ3) is 4.50. The van der Waals surface area contributed by atoms with Crippen molar-refractivity contribution in [3.63, 3.8) is 0 Å². The molecule has 0 bridgehead atoms. The number of carbonyl (C=O) groups excluding carboxylic acids is 1. The lowest BCUT2D eigenvalue weighted by atomic mass is 9.55. The first-order chi connectivity index (χ1) is 11.6. The topological polar surface area (TPSA) is 37.3 Å². The molecule has 0 heterocycles. The molecule has 0 aliphatic heterocycles. The molecule has 4 aliphatic rings. The van der Waals surface area contributed by atoms with Gasteiger partial charge in [0.1, 0.15) is 0 Å². The summed E-state index contributed by atoms with van der Waals surface area (Å²) in [5, 5.41) is 8.06. The SMILES string of the molecule is CC.CC(C)O.O=C1C=CC2C(CCC3C4CCCC4CCC23)C1. The molecule has 0 aromatic heterocycles. The predicted molar refractivity (Wildman–Crippen MR) is 101 cm³/mol. The van der Waals surface area contributed by atoms with Gasteiger partial charge in [0.25, 0.3) is 0 Å². The summed E-state index contributed by atoms with van der Waals surface area (Å²) in [5.41, 5.74) is 0. The number of allylic oxidation sites excluding steroid dienone is 2. The number of hydrogen-bond donors (Lipinski definition) is 1. The summed E-state index contributed by atoms with van der Waals surface area (Å²) >= 11 is 0. The fourth-order valence-corrected chi connectivity index (χ4v) is 5.86. The molecular formula is C22H38O2. The van der Waals surface area contributed by atoms with Gasteiger partial charge in [-0.1, -0.05) is 32.8 Å². The zero-order valence-electron chi connectivity index (χ0n) is 16.2. The van der Waals surface area contributed by atoms with Gasteiger partial charge in [-0.2, -0.15) is 0 Å². The van der Waals surface area contributed by atoms with Crippen LogP contribution < -0.4 is 0 Å². The molecule has 0 saturated heterocycles. The van der Waals surface area contributed by atoms with Gasteiger partial charge in [0.15, 0.2) is 5.78 Å². The van der Waals surface area contributed by atoms with Crippen LogP contribution >= 0.6 is 0 Å². The number of rotatable bonds is 0. The molecule has 0 spiro atoms. The van der Waals surface area contributed by atoms with Crippen molar-refractivity contribution in [1.82, 2.24) is 0 Å². The summed E-state index contributed by atoms with van der Waals surface area (Å²) in [5.74, 6) is 5.87. The Bertz CT molecular complexity index is 423. The number of carbonyl (C=O) groups is 1. The molecule has 2 nitrogen and oxygen atoms in total. The van der Waals surface area contributed by atoms with Crippen LogP contribution in [0, 0.1) is 35.5 Å². The summed E-state index contributed by atoms with van der Waals surface area (Å²) in [4.78, 5) is 11.6. The first-order valence-corrected chi connectivity index (χ1v) is 10.5. The highest BCUT2D eigenvalue weighted by molar-refractivity contribution is 5.90. The third-order valence-electron chi connectivity index (χ3n) is 6.57. The lowest BCUT2D eigenvalue weighted by molar-refractivity contribution is -0.117. The number of aliphatic hydroxyl groups excluding tert-OH is 1. The molecule has 0 aromatic carbocycles. The molecule has 3 saturated carbocycles. The van der Waals surface area contributed by atoms with Gasteiger partial charge < -0.3 is 5.11 Å². The lowest BCUT2D eigenvalue weighted by Gasteiger charge is -2.50.